The van der Waals surface area contributed by atoms with Crippen molar-refractivity contribution in [3.8, 4) is 17.4 Å². The average Bonchev–Trinajstić information content (AvgIpc) is 3.07. The first-order valence-electron chi connectivity index (χ1n) is 9.70. The lowest BCUT2D eigenvalue weighted by Crippen LogP contribution is -1.99. The van der Waals surface area contributed by atoms with Gasteiger partial charge in [0, 0.05) is 21.9 Å². The van der Waals surface area contributed by atoms with Crippen LogP contribution in [0.5, 0.6) is 11.8 Å². The third kappa shape index (κ3) is 3.81. The average molecular weight is 413 g/mol. The van der Waals surface area contributed by atoms with Gasteiger partial charge in [0.2, 0.25) is 11.8 Å². The predicted octanol–water partition coefficient (Wildman–Crippen LogP) is 5.04. The van der Waals surface area contributed by atoms with Crippen LogP contribution in [0.25, 0.3) is 16.5 Å². The van der Waals surface area contributed by atoms with Crippen molar-refractivity contribution >= 4 is 22.6 Å². The van der Waals surface area contributed by atoms with Crippen LogP contribution in [0.1, 0.15) is 33.2 Å². The molecule has 4 aromatic rings. The molecular weight excluding hydrogens is 394 g/mol. The summed E-state index contributed by atoms with van der Waals surface area (Å²) in [7, 11) is 0. The van der Waals surface area contributed by atoms with Gasteiger partial charge < -0.3 is 10.2 Å². The van der Waals surface area contributed by atoms with Crippen molar-refractivity contribution in [2.24, 2.45) is 10.2 Å². The number of aromatic hydroxyl groups is 2. The Morgan fingerprint density at radius 3 is 1.65 bits per heavy atom. The maximum Gasteiger partial charge on any atom is 0.295 e. The van der Waals surface area contributed by atoms with E-state index in [1.807, 2.05) is 19.1 Å². The van der Waals surface area contributed by atoms with Gasteiger partial charge in [0.05, 0.1) is 5.69 Å². The molecule has 7 nitrogen and oxygen atoms in total. The minimum absolute atomic E-state index is 0.105. The molecule has 0 unspecified atom stereocenters. The molecule has 7 heteroatoms. The topological polar surface area (TPSA) is 104 Å². The van der Waals surface area contributed by atoms with Gasteiger partial charge in [-0.15, -0.1) is 10.2 Å². The number of rotatable bonds is 4. The van der Waals surface area contributed by atoms with E-state index in [0.29, 0.717) is 22.0 Å². The molecule has 31 heavy (non-hydrogen) atoms. The van der Waals surface area contributed by atoms with E-state index in [-0.39, 0.29) is 17.3 Å². The van der Waals surface area contributed by atoms with E-state index >= 15 is 0 Å². The van der Waals surface area contributed by atoms with Gasteiger partial charge in [0.1, 0.15) is 0 Å². The molecule has 0 saturated carbocycles. The van der Waals surface area contributed by atoms with Crippen LogP contribution >= 0.6 is 0 Å². The lowest BCUT2D eigenvalue weighted by atomic mass is 10.1. The van der Waals surface area contributed by atoms with Gasteiger partial charge in [-0.05, 0) is 60.5 Å². The summed E-state index contributed by atoms with van der Waals surface area (Å²) in [6, 6.07) is 20.0. The van der Waals surface area contributed by atoms with Crippen molar-refractivity contribution in [3.63, 3.8) is 0 Å². The standard InChI is InChI=1S/C24H19N3O4/c1-2-15-7-9-16(10-8-15)21(28)25-26-22(29)17-11-13-18(14-12-17)27-23(30)19-5-3-4-6-20(19)24(27)31/h3-14,30-31H,2H2,1H3. The molecule has 0 fully saturated rings. The van der Waals surface area contributed by atoms with E-state index in [2.05, 4.69) is 10.2 Å². The Kier molecular flexibility index (Phi) is 5.32. The molecule has 0 bridgehead atoms. The number of aryl methyl sites for hydroxylation is 1. The number of aromatic nitrogens is 1. The van der Waals surface area contributed by atoms with Gasteiger partial charge in [-0.25, -0.2) is 0 Å². The molecule has 0 atom stereocenters. The number of amides is 2. The summed E-state index contributed by atoms with van der Waals surface area (Å²) in [4.78, 5) is 24.4. The largest absolute Gasteiger partial charge is 0.494 e. The van der Waals surface area contributed by atoms with Crippen LogP contribution in [-0.2, 0) is 6.42 Å². The molecule has 0 radical (unpaired) electrons. The van der Waals surface area contributed by atoms with Crippen molar-refractivity contribution in [3.05, 3.63) is 89.5 Å². The van der Waals surface area contributed by atoms with Crippen LogP contribution in [0.4, 0.5) is 0 Å². The Bertz CT molecular complexity index is 1260. The van der Waals surface area contributed by atoms with Crippen LogP contribution in [0.15, 0.2) is 83.0 Å². The summed E-state index contributed by atoms with van der Waals surface area (Å²) in [6.45, 7) is 2.02. The van der Waals surface area contributed by atoms with Crippen LogP contribution in [0.3, 0.4) is 0 Å². The number of carbonyl (C=O) groups is 2. The first-order valence-corrected chi connectivity index (χ1v) is 9.70. The Morgan fingerprint density at radius 1 is 0.742 bits per heavy atom. The molecule has 0 aliphatic heterocycles. The van der Waals surface area contributed by atoms with Gasteiger partial charge in [-0.2, -0.15) is 0 Å². The van der Waals surface area contributed by atoms with Gasteiger partial charge in [-0.1, -0.05) is 31.2 Å². The maximum absolute atomic E-state index is 12.3. The lowest BCUT2D eigenvalue weighted by Gasteiger charge is -2.07. The fraction of sp³-hybridized carbons (Fsp3) is 0.0833. The summed E-state index contributed by atoms with van der Waals surface area (Å²) in [6.07, 6.45) is 0.860. The molecule has 4 rings (SSSR count). The molecule has 1 aromatic heterocycles. The number of benzene rings is 3. The Labute approximate surface area is 177 Å². The van der Waals surface area contributed by atoms with Crippen molar-refractivity contribution < 1.29 is 19.8 Å². The molecule has 0 spiro atoms. The molecule has 154 valence electrons. The lowest BCUT2D eigenvalue weighted by molar-refractivity contribution is 0.0947. The van der Waals surface area contributed by atoms with E-state index in [4.69, 9.17) is 0 Å². The highest BCUT2D eigenvalue weighted by molar-refractivity contribution is 5.99. The molecule has 2 amide bonds. The number of nitrogens with zero attached hydrogens (tertiary/aromatic N) is 3. The predicted molar refractivity (Wildman–Crippen MR) is 116 cm³/mol. The fourth-order valence-corrected chi connectivity index (χ4v) is 3.30. The zero-order valence-corrected chi connectivity index (χ0v) is 16.7. The second-order valence-electron chi connectivity index (χ2n) is 6.94. The monoisotopic (exact) mass is 413 g/mol. The summed E-state index contributed by atoms with van der Waals surface area (Å²) >= 11 is 0. The second-order valence-corrected chi connectivity index (χ2v) is 6.94. The minimum Gasteiger partial charge on any atom is -0.494 e. The summed E-state index contributed by atoms with van der Waals surface area (Å²) in [5.41, 5.74) is 2.14. The fourth-order valence-electron chi connectivity index (χ4n) is 3.30. The van der Waals surface area contributed by atoms with E-state index in [1.165, 1.54) is 16.7 Å². The van der Waals surface area contributed by atoms with Crippen molar-refractivity contribution in [1.29, 1.82) is 0 Å². The van der Waals surface area contributed by atoms with Crippen LogP contribution in [-0.4, -0.2) is 26.6 Å². The number of hydrogen-bond donors (Lipinski definition) is 2. The summed E-state index contributed by atoms with van der Waals surface area (Å²) in [5.74, 6) is -1.48. The van der Waals surface area contributed by atoms with Crippen molar-refractivity contribution in [2.75, 3.05) is 0 Å². The van der Waals surface area contributed by atoms with E-state index in [1.54, 1.807) is 48.5 Å². The first-order chi connectivity index (χ1) is 15.0. The molecule has 1 heterocycles. The van der Waals surface area contributed by atoms with E-state index in [9.17, 15) is 19.8 Å². The van der Waals surface area contributed by atoms with Gasteiger partial charge in [0.25, 0.3) is 11.8 Å². The molecular formula is C24H19N3O4. The van der Waals surface area contributed by atoms with Gasteiger partial charge >= 0.3 is 0 Å². The smallest absolute Gasteiger partial charge is 0.295 e. The minimum atomic E-state index is -0.670. The van der Waals surface area contributed by atoms with Gasteiger partial charge in [0.15, 0.2) is 0 Å². The highest BCUT2D eigenvalue weighted by Crippen LogP contribution is 2.38. The Balaban J connectivity index is 1.53. The zero-order valence-electron chi connectivity index (χ0n) is 16.7. The zero-order chi connectivity index (χ0) is 22.0. The number of azo groups is 1. The molecule has 0 aliphatic rings. The van der Waals surface area contributed by atoms with Crippen LogP contribution < -0.4 is 0 Å². The van der Waals surface area contributed by atoms with E-state index in [0.717, 1.165) is 12.0 Å². The first kappa shape index (κ1) is 20.0. The Hall–Kier alpha value is -4.26. The Morgan fingerprint density at radius 2 is 1.19 bits per heavy atom. The quantitative estimate of drug-likeness (QED) is 0.458. The van der Waals surface area contributed by atoms with Gasteiger partial charge in [-0.3, -0.25) is 14.2 Å². The van der Waals surface area contributed by atoms with Crippen molar-refractivity contribution in [1.82, 2.24) is 4.57 Å². The highest BCUT2D eigenvalue weighted by atomic mass is 16.3. The van der Waals surface area contributed by atoms with E-state index < -0.39 is 11.8 Å². The second kappa shape index (κ2) is 8.23. The van der Waals surface area contributed by atoms with Crippen LogP contribution in [0.2, 0.25) is 0 Å². The third-order valence-corrected chi connectivity index (χ3v) is 5.05. The summed E-state index contributed by atoms with van der Waals surface area (Å²) < 4.78 is 1.28. The van der Waals surface area contributed by atoms with Crippen LogP contribution in [0, 0.1) is 0 Å². The molecule has 3 aromatic carbocycles. The number of hydrogen-bond acceptors (Lipinski definition) is 4. The maximum atomic E-state index is 12.3. The SMILES string of the molecule is CCc1ccc(C(=O)N=NC(=O)c2ccc(-n3c(O)c4ccccc4c3O)cc2)cc1. The summed E-state index contributed by atoms with van der Waals surface area (Å²) in [5, 5.41) is 29.0. The third-order valence-electron chi connectivity index (χ3n) is 5.05. The normalized spacial score (nSPS) is 11.3. The molecule has 0 aliphatic carbocycles. The van der Waals surface area contributed by atoms with Crippen molar-refractivity contribution in [2.45, 2.75) is 13.3 Å². The highest BCUT2D eigenvalue weighted by Gasteiger charge is 2.17. The molecule has 0 saturated heterocycles. The number of carbonyl (C=O) groups excluding carboxylic acids is 2. The molecule has 2 N–H and O–H groups in total. The number of fused-ring (bicyclic) bond motifs is 1.